The fourth-order valence-electron chi connectivity index (χ4n) is 1.49. The zero-order valence-corrected chi connectivity index (χ0v) is 10.3. The smallest absolute Gasteiger partial charge is 0.329 e. The van der Waals surface area contributed by atoms with E-state index in [2.05, 4.69) is 10.2 Å². The van der Waals surface area contributed by atoms with Gasteiger partial charge < -0.3 is 5.73 Å². The Morgan fingerprint density at radius 2 is 2.18 bits per heavy atom. The van der Waals surface area contributed by atoms with Crippen LogP contribution in [0.15, 0.2) is 40.3 Å². The van der Waals surface area contributed by atoms with Gasteiger partial charge in [0.05, 0.1) is 0 Å². The van der Waals surface area contributed by atoms with E-state index in [1.165, 1.54) is 16.3 Å². The Morgan fingerprint density at radius 1 is 1.47 bits per heavy atom. The maximum atomic E-state index is 11.2. The Hall–Kier alpha value is -1.53. The van der Waals surface area contributed by atoms with Crippen molar-refractivity contribution in [3.05, 3.63) is 46.4 Å². The van der Waals surface area contributed by atoms with Gasteiger partial charge >= 0.3 is 5.69 Å². The number of H-pyrrole nitrogens is 1. The third-order valence-electron chi connectivity index (χ3n) is 2.47. The lowest BCUT2D eigenvalue weighted by molar-refractivity contribution is 0.760. The van der Waals surface area contributed by atoms with Crippen LogP contribution in [0.25, 0.3) is 0 Å². The van der Waals surface area contributed by atoms with E-state index in [9.17, 15) is 4.79 Å². The highest BCUT2D eigenvalue weighted by Gasteiger charge is 2.15. The molecule has 2 aromatic rings. The molecule has 2 rings (SSSR count). The third kappa shape index (κ3) is 2.59. The van der Waals surface area contributed by atoms with Gasteiger partial charge in [0, 0.05) is 18.8 Å². The number of nitrogens with one attached hydrogen (secondary N) is 1. The van der Waals surface area contributed by atoms with Crippen LogP contribution in [0.1, 0.15) is 10.8 Å². The summed E-state index contributed by atoms with van der Waals surface area (Å²) in [5, 5.41) is 7.12. The van der Waals surface area contributed by atoms with Crippen molar-refractivity contribution in [2.24, 2.45) is 12.8 Å². The molecule has 1 atom stereocenters. The molecule has 5 nitrogen and oxygen atoms in total. The number of hydrogen-bond acceptors (Lipinski definition) is 4. The summed E-state index contributed by atoms with van der Waals surface area (Å²) >= 11 is 1.48. The number of nitrogens with zero attached hydrogens (tertiary/aromatic N) is 2. The van der Waals surface area contributed by atoms with Gasteiger partial charge in [-0.3, -0.25) is 4.57 Å². The number of aromatic nitrogens is 3. The Morgan fingerprint density at radius 3 is 2.71 bits per heavy atom. The molecule has 3 N–H and O–H groups in total. The first kappa shape index (κ1) is 11.9. The summed E-state index contributed by atoms with van der Waals surface area (Å²) in [5.74, 6) is 0. The van der Waals surface area contributed by atoms with Gasteiger partial charge in [0.2, 0.25) is 0 Å². The van der Waals surface area contributed by atoms with Crippen molar-refractivity contribution >= 4 is 11.8 Å². The van der Waals surface area contributed by atoms with Gasteiger partial charge in [0.25, 0.3) is 0 Å². The number of aromatic amines is 1. The van der Waals surface area contributed by atoms with E-state index in [0.29, 0.717) is 11.7 Å². The van der Waals surface area contributed by atoms with Crippen molar-refractivity contribution in [2.75, 3.05) is 6.54 Å². The van der Waals surface area contributed by atoms with Gasteiger partial charge in [0.1, 0.15) is 0 Å². The lowest BCUT2D eigenvalue weighted by Gasteiger charge is -2.13. The van der Waals surface area contributed by atoms with E-state index in [1.807, 2.05) is 30.3 Å². The molecule has 0 saturated carbocycles. The molecule has 6 heteroatoms. The van der Waals surface area contributed by atoms with Crippen LogP contribution in [0.4, 0.5) is 0 Å². The van der Waals surface area contributed by atoms with Crippen LogP contribution in [-0.4, -0.2) is 21.3 Å². The molecule has 0 aliphatic rings. The summed E-state index contributed by atoms with van der Waals surface area (Å²) in [5.41, 5.74) is 6.69. The summed E-state index contributed by atoms with van der Waals surface area (Å²) in [6.45, 7) is 0.496. The maximum absolute atomic E-state index is 11.2. The lowest BCUT2D eigenvalue weighted by Crippen LogP contribution is -2.14. The molecule has 0 radical (unpaired) electrons. The lowest BCUT2D eigenvalue weighted by atomic mass is 10.1. The summed E-state index contributed by atoms with van der Waals surface area (Å²) in [6.07, 6.45) is 0. The van der Waals surface area contributed by atoms with Gasteiger partial charge in [-0.05, 0) is 5.56 Å². The number of thioether (sulfide) groups is 1. The Balaban J connectivity index is 2.22. The minimum Gasteiger partial charge on any atom is -0.329 e. The van der Waals surface area contributed by atoms with Crippen molar-refractivity contribution in [1.82, 2.24) is 14.8 Å². The zero-order chi connectivity index (χ0) is 12.3. The van der Waals surface area contributed by atoms with Gasteiger partial charge in [-0.25, -0.2) is 9.89 Å². The standard InChI is InChI=1S/C11H14N4OS/c1-15-10(16)13-14-11(15)17-9(7-12)8-5-3-2-4-6-8/h2-6,9H,7,12H2,1H3,(H,13,16). The average molecular weight is 250 g/mol. The fraction of sp³-hybridized carbons (Fsp3) is 0.273. The number of nitrogens with two attached hydrogens (primary N) is 1. The van der Waals surface area contributed by atoms with Crippen molar-refractivity contribution in [2.45, 2.75) is 10.4 Å². The molecule has 0 aliphatic carbocycles. The second-order valence-electron chi connectivity index (χ2n) is 3.62. The normalized spacial score (nSPS) is 12.6. The highest BCUT2D eigenvalue weighted by molar-refractivity contribution is 7.99. The zero-order valence-electron chi connectivity index (χ0n) is 9.46. The number of rotatable bonds is 4. The van der Waals surface area contributed by atoms with Crippen LogP contribution in [0.2, 0.25) is 0 Å². The molecule has 0 saturated heterocycles. The van der Waals surface area contributed by atoms with Crippen LogP contribution in [0.3, 0.4) is 0 Å². The highest BCUT2D eigenvalue weighted by Crippen LogP contribution is 2.31. The quantitative estimate of drug-likeness (QED) is 0.790. The predicted molar refractivity (Wildman–Crippen MR) is 67.9 cm³/mol. The van der Waals surface area contributed by atoms with Crippen molar-refractivity contribution in [3.63, 3.8) is 0 Å². The van der Waals surface area contributed by atoms with Crippen LogP contribution in [0, 0.1) is 0 Å². The molecule has 1 aromatic heterocycles. The Kier molecular flexibility index (Phi) is 3.65. The van der Waals surface area contributed by atoms with Crippen LogP contribution in [0.5, 0.6) is 0 Å². The number of hydrogen-bond donors (Lipinski definition) is 2. The molecule has 0 amide bonds. The topological polar surface area (TPSA) is 76.7 Å². The van der Waals surface area contributed by atoms with Gasteiger partial charge in [0.15, 0.2) is 5.16 Å². The summed E-state index contributed by atoms with van der Waals surface area (Å²) in [4.78, 5) is 11.2. The van der Waals surface area contributed by atoms with E-state index >= 15 is 0 Å². The molecule has 1 aromatic carbocycles. The molecule has 17 heavy (non-hydrogen) atoms. The Labute approximate surface area is 103 Å². The maximum Gasteiger partial charge on any atom is 0.343 e. The molecule has 0 bridgehead atoms. The first-order chi connectivity index (χ1) is 8.22. The second-order valence-corrected chi connectivity index (χ2v) is 4.79. The van der Waals surface area contributed by atoms with Crippen molar-refractivity contribution < 1.29 is 0 Å². The van der Waals surface area contributed by atoms with Crippen molar-refractivity contribution in [1.29, 1.82) is 0 Å². The molecule has 0 fully saturated rings. The predicted octanol–water partition coefficient (Wildman–Crippen LogP) is 0.901. The van der Waals surface area contributed by atoms with Gasteiger partial charge in [-0.2, -0.15) is 0 Å². The minimum absolute atomic E-state index is 0.102. The van der Waals surface area contributed by atoms with E-state index in [1.54, 1.807) is 7.05 Å². The third-order valence-corrected chi connectivity index (χ3v) is 3.80. The molecular formula is C11H14N4OS. The summed E-state index contributed by atoms with van der Waals surface area (Å²) < 4.78 is 1.48. The van der Waals surface area contributed by atoms with E-state index in [4.69, 9.17) is 5.73 Å². The second kappa shape index (κ2) is 5.20. The minimum atomic E-state index is -0.212. The molecule has 1 heterocycles. The van der Waals surface area contributed by atoms with Crippen LogP contribution in [-0.2, 0) is 7.05 Å². The average Bonchev–Trinajstić information content (AvgIpc) is 2.68. The largest absolute Gasteiger partial charge is 0.343 e. The fourth-order valence-corrected chi connectivity index (χ4v) is 2.47. The highest BCUT2D eigenvalue weighted by atomic mass is 32.2. The molecular weight excluding hydrogens is 236 g/mol. The number of benzene rings is 1. The first-order valence-corrected chi connectivity index (χ1v) is 6.13. The molecule has 1 unspecified atom stereocenters. The van der Waals surface area contributed by atoms with Gasteiger partial charge in [-0.1, -0.05) is 42.1 Å². The first-order valence-electron chi connectivity index (χ1n) is 5.25. The monoisotopic (exact) mass is 250 g/mol. The Bertz CT molecular complexity index is 534. The summed E-state index contributed by atoms with van der Waals surface area (Å²) in [7, 11) is 1.69. The molecule has 90 valence electrons. The SMILES string of the molecule is Cn1c(SC(CN)c2ccccc2)n[nH]c1=O. The van der Waals surface area contributed by atoms with Crippen molar-refractivity contribution in [3.8, 4) is 0 Å². The molecule has 0 aliphatic heterocycles. The van der Waals surface area contributed by atoms with E-state index in [-0.39, 0.29) is 10.9 Å². The van der Waals surface area contributed by atoms with E-state index < -0.39 is 0 Å². The van der Waals surface area contributed by atoms with Crippen LogP contribution >= 0.6 is 11.8 Å². The van der Waals surface area contributed by atoms with E-state index in [0.717, 1.165) is 5.56 Å². The molecule has 0 spiro atoms. The van der Waals surface area contributed by atoms with Crippen LogP contribution < -0.4 is 11.4 Å². The summed E-state index contributed by atoms with van der Waals surface area (Å²) in [6, 6.07) is 9.96. The van der Waals surface area contributed by atoms with Gasteiger partial charge in [-0.15, -0.1) is 5.10 Å².